The van der Waals surface area contributed by atoms with Crippen LogP contribution in [0.4, 0.5) is 17.2 Å². The fourth-order valence-corrected chi connectivity index (χ4v) is 2.20. The Balaban J connectivity index is 2.30. The molecule has 5 nitrogen and oxygen atoms in total. The number of nitrogens with two attached hydrogens (primary N) is 1. The summed E-state index contributed by atoms with van der Waals surface area (Å²) in [6.45, 7) is 4.15. The standard InChI is InChI=1S/C15H22N4O/c1-5-6-13-14(16)15(19(3)18-13)17-12-8-7-11(20-4)9-10(12)2/h7-9,17H,5-6,16H2,1-4H3. The molecule has 0 amide bonds. The topological polar surface area (TPSA) is 65.1 Å². The molecule has 3 N–H and O–H groups in total. The van der Waals surface area contributed by atoms with Gasteiger partial charge in [-0.15, -0.1) is 0 Å². The number of hydrogen-bond donors (Lipinski definition) is 2. The summed E-state index contributed by atoms with van der Waals surface area (Å²) >= 11 is 0. The Kier molecular flexibility index (Phi) is 4.17. The summed E-state index contributed by atoms with van der Waals surface area (Å²) in [5, 5.41) is 7.82. The Bertz CT molecular complexity index is 604. The van der Waals surface area contributed by atoms with Crippen molar-refractivity contribution in [3.05, 3.63) is 29.5 Å². The number of aryl methyl sites for hydroxylation is 3. The van der Waals surface area contributed by atoms with E-state index in [2.05, 4.69) is 17.3 Å². The summed E-state index contributed by atoms with van der Waals surface area (Å²) in [4.78, 5) is 0. The van der Waals surface area contributed by atoms with Crippen LogP contribution in [0, 0.1) is 6.92 Å². The molecule has 1 aromatic carbocycles. The summed E-state index contributed by atoms with van der Waals surface area (Å²) in [7, 11) is 3.56. The van der Waals surface area contributed by atoms with Gasteiger partial charge in [0.05, 0.1) is 18.5 Å². The monoisotopic (exact) mass is 274 g/mol. The fraction of sp³-hybridized carbons (Fsp3) is 0.400. The van der Waals surface area contributed by atoms with E-state index in [0.717, 1.165) is 47.0 Å². The molecule has 108 valence electrons. The van der Waals surface area contributed by atoms with E-state index < -0.39 is 0 Å². The molecule has 0 radical (unpaired) electrons. The van der Waals surface area contributed by atoms with Crippen molar-refractivity contribution in [2.24, 2.45) is 7.05 Å². The summed E-state index contributed by atoms with van der Waals surface area (Å²) in [5.74, 6) is 1.68. The van der Waals surface area contributed by atoms with Crippen LogP contribution >= 0.6 is 0 Å². The summed E-state index contributed by atoms with van der Waals surface area (Å²) < 4.78 is 7.01. The molecule has 0 aliphatic heterocycles. The van der Waals surface area contributed by atoms with Crippen LogP contribution < -0.4 is 15.8 Å². The number of nitrogens with one attached hydrogen (secondary N) is 1. The zero-order valence-corrected chi connectivity index (χ0v) is 12.5. The molecule has 0 aliphatic rings. The van der Waals surface area contributed by atoms with Crippen molar-refractivity contribution in [3.63, 3.8) is 0 Å². The Morgan fingerprint density at radius 1 is 1.40 bits per heavy atom. The molecule has 0 saturated heterocycles. The molecule has 0 unspecified atom stereocenters. The molecule has 5 heteroatoms. The summed E-state index contributed by atoms with van der Waals surface area (Å²) in [6.07, 6.45) is 1.92. The number of methoxy groups -OCH3 is 1. The molecular weight excluding hydrogens is 252 g/mol. The molecule has 1 heterocycles. The van der Waals surface area contributed by atoms with Crippen LogP contribution in [-0.2, 0) is 13.5 Å². The molecule has 1 aromatic heterocycles. The van der Waals surface area contributed by atoms with E-state index in [1.807, 2.05) is 32.2 Å². The van der Waals surface area contributed by atoms with Crippen LogP contribution in [-0.4, -0.2) is 16.9 Å². The highest BCUT2D eigenvalue weighted by atomic mass is 16.5. The van der Waals surface area contributed by atoms with Gasteiger partial charge in [-0.3, -0.25) is 4.68 Å². The average Bonchev–Trinajstić information content (AvgIpc) is 2.69. The average molecular weight is 274 g/mol. The number of ether oxygens (including phenoxy) is 1. The maximum absolute atomic E-state index is 6.17. The van der Waals surface area contributed by atoms with Gasteiger partial charge in [0.2, 0.25) is 0 Å². The number of rotatable bonds is 5. The molecule has 0 aliphatic carbocycles. The number of hydrogen-bond acceptors (Lipinski definition) is 4. The Hall–Kier alpha value is -2.17. The molecule has 0 saturated carbocycles. The quantitative estimate of drug-likeness (QED) is 0.879. The van der Waals surface area contributed by atoms with Crippen molar-refractivity contribution in [1.29, 1.82) is 0 Å². The minimum absolute atomic E-state index is 0.726. The largest absolute Gasteiger partial charge is 0.497 e. The van der Waals surface area contributed by atoms with Crippen molar-refractivity contribution in [3.8, 4) is 5.75 Å². The highest BCUT2D eigenvalue weighted by Crippen LogP contribution is 2.29. The lowest BCUT2D eigenvalue weighted by molar-refractivity contribution is 0.414. The van der Waals surface area contributed by atoms with Gasteiger partial charge in [0, 0.05) is 12.7 Å². The van der Waals surface area contributed by atoms with Gasteiger partial charge in [0.1, 0.15) is 5.75 Å². The lowest BCUT2D eigenvalue weighted by atomic mass is 10.2. The Morgan fingerprint density at radius 3 is 2.75 bits per heavy atom. The van der Waals surface area contributed by atoms with Gasteiger partial charge < -0.3 is 15.8 Å². The minimum Gasteiger partial charge on any atom is -0.497 e. The first-order valence-corrected chi connectivity index (χ1v) is 6.79. The van der Waals surface area contributed by atoms with Crippen molar-refractivity contribution in [1.82, 2.24) is 9.78 Å². The Morgan fingerprint density at radius 2 is 2.15 bits per heavy atom. The molecule has 0 bridgehead atoms. The zero-order valence-electron chi connectivity index (χ0n) is 12.5. The lowest BCUT2D eigenvalue weighted by Gasteiger charge is -2.11. The molecule has 0 fully saturated rings. The van der Waals surface area contributed by atoms with E-state index in [9.17, 15) is 0 Å². The predicted molar refractivity (Wildman–Crippen MR) is 82.6 cm³/mol. The number of nitrogens with zero attached hydrogens (tertiary/aromatic N) is 2. The molecule has 2 aromatic rings. The molecular formula is C15H22N4O. The second-order valence-electron chi connectivity index (χ2n) is 4.89. The SMILES string of the molecule is CCCc1nn(C)c(Nc2ccc(OC)cc2C)c1N. The third-order valence-electron chi connectivity index (χ3n) is 3.33. The van der Waals surface area contributed by atoms with Gasteiger partial charge >= 0.3 is 0 Å². The first-order valence-electron chi connectivity index (χ1n) is 6.79. The molecule has 0 spiro atoms. The van der Waals surface area contributed by atoms with Gasteiger partial charge in [-0.1, -0.05) is 13.3 Å². The third kappa shape index (κ3) is 2.71. The third-order valence-corrected chi connectivity index (χ3v) is 3.33. The maximum atomic E-state index is 6.17. The predicted octanol–water partition coefficient (Wildman–Crippen LogP) is 3.02. The van der Waals surface area contributed by atoms with Crippen LogP contribution in [0.1, 0.15) is 24.6 Å². The Labute approximate surface area is 119 Å². The highest BCUT2D eigenvalue weighted by Gasteiger charge is 2.13. The smallest absolute Gasteiger partial charge is 0.152 e. The van der Waals surface area contributed by atoms with Crippen LogP contribution in [0.25, 0.3) is 0 Å². The second kappa shape index (κ2) is 5.86. The van der Waals surface area contributed by atoms with Crippen molar-refractivity contribution < 1.29 is 4.74 Å². The highest BCUT2D eigenvalue weighted by molar-refractivity contribution is 5.73. The molecule has 2 rings (SSSR count). The van der Waals surface area contributed by atoms with Crippen LogP contribution in [0.15, 0.2) is 18.2 Å². The van der Waals surface area contributed by atoms with Crippen LogP contribution in [0.5, 0.6) is 5.75 Å². The fourth-order valence-electron chi connectivity index (χ4n) is 2.20. The number of nitrogen functional groups attached to an aromatic ring is 1. The summed E-state index contributed by atoms with van der Waals surface area (Å²) in [5.41, 5.74) is 9.95. The van der Waals surface area contributed by atoms with E-state index in [0.29, 0.717) is 0 Å². The molecule has 0 atom stereocenters. The number of anilines is 3. The van der Waals surface area contributed by atoms with Crippen molar-refractivity contribution in [2.75, 3.05) is 18.2 Å². The molecule has 20 heavy (non-hydrogen) atoms. The normalized spacial score (nSPS) is 10.6. The minimum atomic E-state index is 0.726. The first kappa shape index (κ1) is 14.2. The van der Waals surface area contributed by atoms with Gasteiger partial charge in [0.25, 0.3) is 0 Å². The van der Waals surface area contributed by atoms with E-state index in [-0.39, 0.29) is 0 Å². The van der Waals surface area contributed by atoms with Gasteiger partial charge in [-0.2, -0.15) is 5.10 Å². The maximum Gasteiger partial charge on any atom is 0.152 e. The van der Waals surface area contributed by atoms with E-state index in [1.54, 1.807) is 11.8 Å². The van der Waals surface area contributed by atoms with Crippen LogP contribution in [0.3, 0.4) is 0 Å². The summed E-state index contributed by atoms with van der Waals surface area (Å²) in [6, 6.07) is 5.90. The van der Waals surface area contributed by atoms with Gasteiger partial charge in [-0.05, 0) is 37.1 Å². The van der Waals surface area contributed by atoms with E-state index >= 15 is 0 Å². The zero-order chi connectivity index (χ0) is 14.7. The number of benzene rings is 1. The first-order chi connectivity index (χ1) is 9.56. The second-order valence-corrected chi connectivity index (χ2v) is 4.89. The van der Waals surface area contributed by atoms with E-state index in [4.69, 9.17) is 10.5 Å². The van der Waals surface area contributed by atoms with Gasteiger partial charge in [0.15, 0.2) is 5.82 Å². The van der Waals surface area contributed by atoms with Crippen molar-refractivity contribution >= 4 is 17.2 Å². The van der Waals surface area contributed by atoms with Crippen LogP contribution in [0.2, 0.25) is 0 Å². The van der Waals surface area contributed by atoms with E-state index in [1.165, 1.54) is 0 Å². The lowest BCUT2D eigenvalue weighted by Crippen LogP contribution is -2.02. The van der Waals surface area contributed by atoms with Gasteiger partial charge in [-0.25, -0.2) is 0 Å². The number of aromatic nitrogens is 2. The van der Waals surface area contributed by atoms with Crippen molar-refractivity contribution in [2.45, 2.75) is 26.7 Å².